The van der Waals surface area contributed by atoms with Crippen molar-refractivity contribution in [2.45, 2.75) is 39.2 Å². The van der Waals surface area contributed by atoms with Crippen molar-refractivity contribution >= 4 is 5.97 Å². The van der Waals surface area contributed by atoms with Crippen LogP contribution in [0.3, 0.4) is 0 Å². The van der Waals surface area contributed by atoms with Crippen LogP contribution in [0.2, 0.25) is 0 Å². The van der Waals surface area contributed by atoms with E-state index in [-0.39, 0.29) is 6.42 Å². The number of nitrogens with one attached hydrogen (secondary N) is 1. The average Bonchev–Trinajstić information content (AvgIpc) is 2.11. The molecule has 0 saturated heterocycles. The number of carboxylic acid groups (broad SMARTS) is 1. The number of carbonyl (C=O) groups is 1. The molecule has 0 saturated carbocycles. The summed E-state index contributed by atoms with van der Waals surface area (Å²) in [5, 5.41) is 12.0. The van der Waals surface area contributed by atoms with Crippen molar-refractivity contribution < 1.29 is 14.6 Å². The van der Waals surface area contributed by atoms with Crippen LogP contribution >= 0.6 is 0 Å². The minimum absolute atomic E-state index is 0.0903. The van der Waals surface area contributed by atoms with Crippen molar-refractivity contribution in [1.29, 1.82) is 0 Å². The molecule has 0 heterocycles. The summed E-state index contributed by atoms with van der Waals surface area (Å²) in [5.74, 6) is -0.796. The van der Waals surface area contributed by atoms with Crippen molar-refractivity contribution in [3.05, 3.63) is 0 Å². The summed E-state index contributed by atoms with van der Waals surface area (Å²) in [6.45, 7) is 7.71. The molecule has 1 unspecified atom stereocenters. The third-order valence-corrected chi connectivity index (χ3v) is 1.97. The second kappa shape index (κ2) is 6.79. The molecule has 2 N–H and O–H groups in total. The van der Waals surface area contributed by atoms with Crippen LogP contribution in [0.5, 0.6) is 0 Å². The largest absolute Gasteiger partial charge is 0.481 e. The lowest BCUT2D eigenvalue weighted by Crippen LogP contribution is -2.48. The highest BCUT2D eigenvalue weighted by Crippen LogP contribution is 2.10. The van der Waals surface area contributed by atoms with Gasteiger partial charge in [-0.15, -0.1) is 0 Å². The molecule has 4 nitrogen and oxygen atoms in total. The molecular formula is C10H21NO3. The lowest BCUT2D eigenvalue weighted by molar-refractivity contribution is -0.139. The van der Waals surface area contributed by atoms with Gasteiger partial charge in [-0.3, -0.25) is 4.79 Å². The first-order valence-electron chi connectivity index (χ1n) is 5.08. The molecule has 0 aliphatic heterocycles. The average molecular weight is 203 g/mol. The molecular weight excluding hydrogens is 182 g/mol. The zero-order chi connectivity index (χ0) is 11.0. The van der Waals surface area contributed by atoms with Crippen LogP contribution in [0.25, 0.3) is 0 Å². The summed E-state index contributed by atoms with van der Waals surface area (Å²) in [6.07, 6.45) is 1.08. The third kappa shape index (κ3) is 5.94. The standard InChI is InChI=1S/C10H21NO3/c1-4-6-11-10(3,7-9(12)13)8-14-5-2/h11H,4-8H2,1-3H3,(H,12,13). The smallest absolute Gasteiger partial charge is 0.305 e. The number of hydrogen-bond donors (Lipinski definition) is 2. The zero-order valence-electron chi connectivity index (χ0n) is 9.30. The Morgan fingerprint density at radius 2 is 2.14 bits per heavy atom. The van der Waals surface area contributed by atoms with Crippen molar-refractivity contribution in [2.24, 2.45) is 0 Å². The van der Waals surface area contributed by atoms with E-state index in [0.29, 0.717) is 13.2 Å². The molecule has 1 atom stereocenters. The van der Waals surface area contributed by atoms with Crippen LogP contribution < -0.4 is 5.32 Å². The normalized spacial score (nSPS) is 15.1. The van der Waals surface area contributed by atoms with Crippen LogP contribution in [0, 0.1) is 0 Å². The van der Waals surface area contributed by atoms with Crippen molar-refractivity contribution in [1.82, 2.24) is 5.32 Å². The summed E-state index contributed by atoms with van der Waals surface area (Å²) in [5.41, 5.74) is -0.447. The molecule has 0 aromatic heterocycles. The molecule has 0 bridgehead atoms. The minimum atomic E-state index is -0.796. The predicted molar refractivity (Wildman–Crippen MR) is 55.4 cm³/mol. The molecule has 84 valence electrons. The quantitative estimate of drug-likeness (QED) is 0.623. The SMILES string of the molecule is CCCNC(C)(COCC)CC(=O)O. The van der Waals surface area contributed by atoms with Gasteiger partial charge in [0.25, 0.3) is 0 Å². The monoisotopic (exact) mass is 203 g/mol. The predicted octanol–water partition coefficient (Wildman–Crippen LogP) is 1.26. The zero-order valence-corrected chi connectivity index (χ0v) is 9.30. The van der Waals surface area contributed by atoms with E-state index < -0.39 is 11.5 Å². The number of hydrogen-bond acceptors (Lipinski definition) is 3. The van der Waals surface area contributed by atoms with Gasteiger partial charge in [0.15, 0.2) is 0 Å². The Hall–Kier alpha value is -0.610. The lowest BCUT2D eigenvalue weighted by atomic mass is 9.99. The van der Waals surface area contributed by atoms with Gasteiger partial charge in [-0.05, 0) is 26.8 Å². The number of rotatable bonds is 8. The second-order valence-corrected chi connectivity index (χ2v) is 3.70. The summed E-state index contributed by atoms with van der Waals surface area (Å²) in [4.78, 5) is 10.6. The Labute approximate surface area is 85.6 Å². The minimum Gasteiger partial charge on any atom is -0.481 e. The Balaban J connectivity index is 4.09. The Bertz CT molecular complexity index is 163. The van der Waals surface area contributed by atoms with E-state index in [1.54, 1.807) is 0 Å². The van der Waals surface area contributed by atoms with Crippen LogP contribution in [0.4, 0.5) is 0 Å². The van der Waals surface area contributed by atoms with Gasteiger partial charge < -0.3 is 15.2 Å². The van der Waals surface area contributed by atoms with Crippen molar-refractivity contribution in [3.63, 3.8) is 0 Å². The molecule has 0 aromatic rings. The molecule has 14 heavy (non-hydrogen) atoms. The van der Waals surface area contributed by atoms with E-state index in [0.717, 1.165) is 13.0 Å². The van der Waals surface area contributed by atoms with E-state index >= 15 is 0 Å². The molecule has 0 spiro atoms. The van der Waals surface area contributed by atoms with Gasteiger partial charge in [0.2, 0.25) is 0 Å². The number of carboxylic acids is 1. The van der Waals surface area contributed by atoms with E-state index in [9.17, 15) is 4.79 Å². The van der Waals surface area contributed by atoms with Crippen molar-refractivity contribution in [3.8, 4) is 0 Å². The highest BCUT2D eigenvalue weighted by molar-refractivity contribution is 5.68. The first-order chi connectivity index (χ1) is 6.54. The molecule has 0 fully saturated rings. The lowest BCUT2D eigenvalue weighted by Gasteiger charge is -2.28. The third-order valence-electron chi connectivity index (χ3n) is 1.97. The maximum atomic E-state index is 10.6. The Morgan fingerprint density at radius 3 is 2.57 bits per heavy atom. The highest BCUT2D eigenvalue weighted by Gasteiger charge is 2.26. The van der Waals surface area contributed by atoms with Gasteiger partial charge in [0.1, 0.15) is 0 Å². The molecule has 0 rings (SSSR count). The van der Waals surface area contributed by atoms with Crippen LogP contribution in [-0.4, -0.2) is 36.4 Å². The molecule has 0 aliphatic rings. The van der Waals surface area contributed by atoms with Crippen LogP contribution in [0.1, 0.15) is 33.6 Å². The van der Waals surface area contributed by atoms with Gasteiger partial charge in [0.05, 0.1) is 13.0 Å². The second-order valence-electron chi connectivity index (χ2n) is 3.70. The summed E-state index contributed by atoms with van der Waals surface area (Å²) in [6, 6.07) is 0. The fourth-order valence-electron chi connectivity index (χ4n) is 1.25. The summed E-state index contributed by atoms with van der Waals surface area (Å²) >= 11 is 0. The van der Waals surface area contributed by atoms with E-state index in [2.05, 4.69) is 12.2 Å². The van der Waals surface area contributed by atoms with Gasteiger partial charge >= 0.3 is 5.97 Å². The fourth-order valence-corrected chi connectivity index (χ4v) is 1.25. The molecule has 0 radical (unpaired) electrons. The van der Waals surface area contributed by atoms with Gasteiger partial charge in [-0.1, -0.05) is 6.92 Å². The van der Waals surface area contributed by atoms with Gasteiger partial charge in [0, 0.05) is 12.1 Å². The van der Waals surface area contributed by atoms with E-state index in [1.807, 2.05) is 13.8 Å². The van der Waals surface area contributed by atoms with E-state index in [1.165, 1.54) is 0 Å². The molecule has 4 heteroatoms. The Kier molecular flexibility index (Phi) is 6.49. The first-order valence-corrected chi connectivity index (χ1v) is 5.08. The maximum absolute atomic E-state index is 10.6. The van der Waals surface area contributed by atoms with Crippen LogP contribution in [-0.2, 0) is 9.53 Å². The van der Waals surface area contributed by atoms with Crippen LogP contribution in [0.15, 0.2) is 0 Å². The fraction of sp³-hybridized carbons (Fsp3) is 0.900. The summed E-state index contributed by atoms with van der Waals surface area (Å²) in [7, 11) is 0. The molecule has 0 amide bonds. The highest BCUT2D eigenvalue weighted by atomic mass is 16.5. The maximum Gasteiger partial charge on any atom is 0.305 e. The topological polar surface area (TPSA) is 58.6 Å². The summed E-state index contributed by atoms with van der Waals surface area (Å²) < 4.78 is 5.27. The van der Waals surface area contributed by atoms with Crippen molar-refractivity contribution in [2.75, 3.05) is 19.8 Å². The first kappa shape index (κ1) is 13.4. The number of aliphatic carboxylic acids is 1. The van der Waals surface area contributed by atoms with Gasteiger partial charge in [-0.2, -0.15) is 0 Å². The number of ether oxygens (including phenoxy) is 1. The van der Waals surface area contributed by atoms with Gasteiger partial charge in [-0.25, -0.2) is 0 Å². The Morgan fingerprint density at radius 1 is 1.50 bits per heavy atom. The van der Waals surface area contributed by atoms with E-state index in [4.69, 9.17) is 9.84 Å². The molecule has 0 aromatic carbocycles. The molecule has 0 aliphatic carbocycles.